The number of carbonyl (C=O) groups is 1. The molecule has 1 atom stereocenters. The highest BCUT2D eigenvalue weighted by Crippen LogP contribution is 2.37. The normalized spacial score (nSPS) is 24.1. The molecule has 0 aromatic heterocycles. The summed E-state index contributed by atoms with van der Waals surface area (Å²) in [7, 11) is 0. The highest BCUT2D eigenvalue weighted by Gasteiger charge is 2.36. The molecule has 148 valence electrons. The van der Waals surface area contributed by atoms with Crippen molar-refractivity contribution in [1.82, 2.24) is 14.7 Å². The van der Waals surface area contributed by atoms with Crippen LogP contribution in [0.15, 0.2) is 30.3 Å². The highest BCUT2D eigenvalue weighted by molar-refractivity contribution is 5.79. The summed E-state index contributed by atoms with van der Waals surface area (Å²) in [4.78, 5) is 19.9. The molecule has 0 N–H and O–H groups in total. The van der Waals surface area contributed by atoms with E-state index in [4.69, 9.17) is 0 Å². The maximum absolute atomic E-state index is 12.6. The van der Waals surface area contributed by atoms with Crippen LogP contribution in [0.25, 0.3) is 0 Å². The van der Waals surface area contributed by atoms with Gasteiger partial charge in [0, 0.05) is 58.3 Å². The first kappa shape index (κ1) is 18.9. The summed E-state index contributed by atoms with van der Waals surface area (Å²) in [6, 6.07) is 10.8. The van der Waals surface area contributed by atoms with Gasteiger partial charge in [0.1, 0.15) is 0 Å². The Kier molecular flexibility index (Phi) is 6.14. The van der Waals surface area contributed by atoms with Gasteiger partial charge in [0.15, 0.2) is 0 Å². The van der Waals surface area contributed by atoms with Crippen LogP contribution >= 0.6 is 0 Å². The van der Waals surface area contributed by atoms with E-state index in [1.807, 2.05) is 0 Å². The first-order valence-electron chi connectivity index (χ1n) is 11.0. The number of hydrogen-bond acceptors (Lipinski definition) is 3. The summed E-state index contributed by atoms with van der Waals surface area (Å²) in [5.74, 6) is 2.14. The smallest absolute Gasteiger partial charge is 0.225 e. The van der Waals surface area contributed by atoms with Crippen LogP contribution in [0.5, 0.6) is 0 Å². The maximum atomic E-state index is 12.6. The fourth-order valence-electron chi connectivity index (χ4n) is 4.76. The third kappa shape index (κ3) is 5.11. The lowest BCUT2D eigenvalue weighted by Crippen LogP contribution is -2.49. The molecule has 2 saturated heterocycles. The number of benzene rings is 1. The average Bonchev–Trinajstić information content (AvgIpc) is 3.55. The molecule has 1 aromatic rings. The molecule has 2 aliphatic heterocycles. The van der Waals surface area contributed by atoms with Crippen LogP contribution in [0.1, 0.15) is 38.2 Å². The van der Waals surface area contributed by atoms with Gasteiger partial charge in [-0.05, 0) is 43.1 Å². The van der Waals surface area contributed by atoms with Gasteiger partial charge in [0.25, 0.3) is 0 Å². The van der Waals surface area contributed by atoms with Gasteiger partial charge in [0.05, 0.1) is 0 Å². The Hall–Kier alpha value is -1.39. The molecule has 4 nitrogen and oxygen atoms in total. The Morgan fingerprint density at radius 2 is 1.56 bits per heavy atom. The van der Waals surface area contributed by atoms with E-state index in [0.29, 0.717) is 11.8 Å². The standard InChI is InChI=1S/C23H35N3O/c1-19(22-7-8-22)23(27)26-11-9-21(10-12-26)18-25-15-13-24(14-16-25)17-20-5-3-2-4-6-20/h2-6,19,21-22H,7-18H2,1H3. The molecule has 1 aromatic carbocycles. The molecular formula is C23H35N3O. The molecule has 1 unspecified atom stereocenters. The molecule has 0 bridgehead atoms. The molecule has 27 heavy (non-hydrogen) atoms. The van der Waals surface area contributed by atoms with E-state index < -0.39 is 0 Å². The first-order valence-corrected chi connectivity index (χ1v) is 11.0. The van der Waals surface area contributed by atoms with E-state index in [2.05, 4.69) is 52.0 Å². The molecule has 3 fully saturated rings. The fourth-order valence-corrected chi connectivity index (χ4v) is 4.76. The molecule has 1 amide bonds. The van der Waals surface area contributed by atoms with Crippen molar-refractivity contribution in [3.63, 3.8) is 0 Å². The minimum atomic E-state index is 0.263. The van der Waals surface area contributed by atoms with Crippen molar-refractivity contribution < 1.29 is 4.79 Å². The number of amides is 1. The van der Waals surface area contributed by atoms with Crippen LogP contribution in [0.3, 0.4) is 0 Å². The van der Waals surface area contributed by atoms with Gasteiger partial charge in [-0.1, -0.05) is 37.3 Å². The number of hydrogen-bond donors (Lipinski definition) is 0. The van der Waals surface area contributed by atoms with Crippen LogP contribution in [0.4, 0.5) is 0 Å². The largest absolute Gasteiger partial charge is 0.342 e. The molecule has 1 saturated carbocycles. The van der Waals surface area contributed by atoms with Gasteiger partial charge in [-0.2, -0.15) is 0 Å². The topological polar surface area (TPSA) is 26.8 Å². The zero-order valence-electron chi connectivity index (χ0n) is 16.9. The van der Waals surface area contributed by atoms with Crippen molar-refractivity contribution in [2.75, 3.05) is 45.8 Å². The fraction of sp³-hybridized carbons (Fsp3) is 0.696. The van der Waals surface area contributed by atoms with Crippen molar-refractivity contribution in [1.29, 1.82) is 0 Å². The number of piperidine rings is 1. The van der Waals surface area contributed by atoms with E-state index in [1.165, 1.54) is 64.0 Å². The maximum Gasteiger partial charge on any atom is 0.225 e. The Bertz CT molecular complexity index is 599. The van der Waals surface area contributed by atoms with Gasteiger partial charge in [0.2, 0.25) is 5.91 Å². The van der Waals surface area contributed by atoms with Crippen LogP contribution in [-0.2, 0) is 11.3 Å². The number of rotatable bonds is 6. The lowest BCUT2D eigenvalue weighted by molar-refractivity contribution is -0.137. The van der Waals surface area contributed by atoms with Crippen molar-refractivity contribution in [3.05, 3.63) is 35.9 Å². The van der Waals surface area contributed by atoms with Crippen LogP contribution in [0.2, 0.25) is 0 Å². The predicted octanol–water partition coefficient (Wildman–Crippen LogP) is 3.09. The second kappa shape index (κ2) is 8.74. The third-order valence-corrected chi connectivity index (χ3v) is 6.88. The molecular weight excluding hydrogens is 334 g/mol. The molecule has 4 rings (SSSR count). The average molecular weight is 370 g/mol. The quantitative estimate of drug-likeness (QED) is 0.771. The summed E-state index contributed by atoms with van der Waals surface area (Å²) < 4.78 is 0. The zero-order chi connectivity index (χ0) is 18.6. The summed E-state index contributed by atoms with van der Waals surface area (Å²) in [6.07, 6.45) is 4.90. The second-order valence-corrected chi connectivity index (χ2v) is 8.96. The minimum absolute atomic E-state index is 0.263. The van der Waals surface area contributed by atoms with Crippen molar-refractivity contribution in [3.8, 4) is 0 Å². The minimum Gasteiger partial charge on any atom is -0.342 e. The van der Waals surface area contributed by atoms with E-state index >= 15 is 0 Å². The van der Waals surface area contributed by atoms with Crippen LogP contribution in [0, 0.1) is 17.8 Å². The molecule has 2 heterocycles. The van der Waals surface area contributed by atoms with Crippen molar-refractivity contribution in [2.45, 2.75) is 39.2 Å². The van der Waals surface area contributed by atoms with Crippen molar-refractivity contribution >= 4 is 5.91 Å². The predicted molar refractivity (Wildman–Crippen MR) is 109 cm³/mol. The number of nitrogens with zero attached hydrogens (tertiary/aromatic N) is 3. The van der Waals surface area contributed by atoms with Crippen LogP contribution in [-0.4, -0.2) is 66.4 Å². The van der Waals surface area contributed by atoms with Gasteiger partial charge in [-0.25, -0.2) is 0 Å². The van der Waals surface area contributed by atoms with Gasteiger partial charge in [-0.15, -0.1) is 0 Å². The first-order chi connectivity index (χ1) is 13.2. The monoisotopic (exact) mass is 369 g/mol. The lowest BCUT2D eigenvalue weighted by Gasteiger charge is -2.39. The van der Waals surface area contributed by atoms with Crippen LogP contribution < -0.4 is 0 Å². The van der Waals surface area contributed by atoms with E-state index in [0.717, 1.165) is 25.6 Å². The summed E-state index contributed by atoms with van der Waals surface area (Å²) >= 11 is 0. The number of likely N-dealkylation sites (tertiary alicyclic amines) is 1. The Morgan fingerprint density at radius 3 is 2.19 bits per heavy atom. The van der Waals surface area contributed by atoms with Gasteiger partial charge < -0.3 is 9.80 Å². The Labute approximate surface area is 164 Å². The lowest BCUT2D eigenvalue weighted by atomic mass is 9.94. The van der Waals surface area contributed by atoms with E-state index in [-0.39, 0.29) is 5.92 Å². The summed E-state index contributed by atoms with van der Waals surface area (Å²) in [5, 5.41) is 0. The third-order valence-electron chi connectivity index (χ3n) is 6.88. The van der Waals surface area contributed by atoms with E-state index in [9.17, 15) is 4.79 Å². The number of carbonyl (C=O) groups excluding carboxylic acids is 1. The molecule has 1 aliphatic carbocycles. The number of piperazine rings is 1. The van der Waals surface area contributed by atoms with E-state index in [1.54, 1.807) is 0 Å². The Morgan fingerprint density at radius 1 is 0.926 bits per heavy atom. The molecule has 0 spiro atoms. The Balaban J connectivity index is 1.15. The molecule has 0 radical (unpaired) electrons. The highest BCUT2D eigenvalue weighted by atomic mass is 16.2. The molecule has 3 aliphatic rings. The van der Waals surface area contributed by atoms with Gasteiger partial charge in [-0.3, -0.25) is 9.69 Å². The molecule has 4 heteroatoms. The second-order valence-electron chi connectivity index (χ2n) is 8.96. The summed E-state index contributed by atoms with van der Waals surface area (Å²) in [5.41, 5.74) is 1.42. The van der Waals surface area contributed by atoms with Gasteiger partial charge >= 0.3 is 0 Å². The SMILES string of the molecule is CC(C(=O)N1CCC(CN2CCN(Cc3ccccc3)CC2)CC1)C1CC1. The van der Waals surface area contributed by atoms with Crippen molar-refractivity contribution in [2.24, 2.45) is 17.8 Å². The summed E-state index contributed by atoms with van der Waals surface area (Å²) in [6.45, 7) is 11.1. The zero-order valence-corrected chi connectivity index (χ0v) is 16.9.